The number of rotatable bonds is 10. The first-order valence-electron chi connectivity index (χ1n) is 17.0. The Morgan fingerprint density at radius 3 is 2.50 bits per heavy atom. The van der Waals surface area contributed by atoms with Crippen LogP contribution in [0.2, 0.25) is 0 Å². The van der Waals surface area contributed by atoms with Crippen LogP contribution in [0.3, 0.4) is 0 Å². The zero-order chi connectivity index (χ0) is 37.0. The van der Waals surface area contributed by atoms with Crippen LogP contribution < -0.4 is 10.1 Å². The monoisotopic (exact) mass is 729 g/mol. The molecule has 6 rings (SSSR count). The summed E-state index contributed by atoms with van der Waals surface area (Å²) in [5.41, 5.74) is 2.32. The third kappa shape index (κ3) is 9.00. The van der Waals surface area contributed by atoms with Crippen LogP contribution in [0.1, 0.15) is 62.3 Å². The first kappa shape index (κ1) is 36.6. The second-order valence-electron chi connectivity index (χ2n) is 13.9. The van der Waals surface area contributed by atoms with Crippen molar-refractivity contribution in [1.29, 1.82) is 0 Å². The van der Waals surface area contributed by atoms with Gasteiger partial charge in [0.05, 0.1) is 22.8 Å². The van der Waals surface area contributed by atoms with Gasteiger partial charge in [-0.1, -0.05) is 54.6 Å². The molecule has 1 saturated heterocycles. The van der Waals surface area contributed by atoms with Gasteiger partial charge in [0.1, 0.15) is 11.4 Å². The molecular formula is C39H41F2N5O5S. The number of hydrogen-bond acceptors (Lipinski definition) is 9. The molecule has 0 radical (unpaired) electrons. The summed E-state index contributed by atoms with van der Waals surface area (Å²) in [5, 5.41) is 4.79. The molecule has 0 saturated carbocycles. The van der Waals surface area contributed by atoms with Gasteiger partial charge in [-0.25, -0.2) is 36.9 Å². The van der Waals surface area contributed by atoms with Gasteiger partial charge >= 0.3 is 6.09 Å². The predicted octanol–water partition coefficient (Wildman–Crippen LogP) is 8.66. The molecule has 13 heteroatoms. The molecule has 1 atom stereocenters. The number of aromatic nitrogens is 3. The van der Waals surface area contributed by atoms with Crippen molar-refractivity contribution in [2.45, 2.75) is 70.1 Å². The Kier molecular flexibility index (Phi) is 10.7. The summed E-state index contributed by atoms with van der Waals surface area (Å²) in [6.07, 6.45) is 1.96. The van der Waals surface area contributed by atoms with Crippen molar-refractivity contribution in [1.82, 2.24) is 19.9 Å². The lowest BCUT2D eigenvalue weighted by molar-refractivity contribution is 0.0206. The number of nitrogens with zero attached hydrogens (tertiary/aromatic N) is 4. The molecule has 52 heavy (non-hydrogen) atoms. The molecule has 272 valence electrons. The normalized spacial score (nSPS) is 15.1. The Balaban J connectivity index is 1.22. The number of pyridine rings is 1. The molecule has 1 fully saturated rings. The first-order chi connectivity index (χ1) is 24.7. The summed E-state index contributed by atoms with van der Waals surface area (Å²) in [4.78, 5) is 28.2. The molecule has 5 aromatic rings. The number of hydrogen-bond donors (Lipinski definition) is 1. The van der Waals surface area contributed by atoms with E-state index in [-0.39, 0.29) is 29.2 Å². The van der Waals surface area contributed by atoms with Crippen molar-refractivity contribution in [3.63, 3.8) is 0 Å². The molecule has 10 nitrogen and oxygen atoms in total. The van der Waals surface area contributed by atoms with Gasteiger partial charge in [-0.3, -0.25) is 0 Å². The van der Waals surface area contributed by atoms with Crippen molar-refractivity contribution in [2.75, 3.05) is 18.4 Å². The lowest BCUT2D eigenvalue weighted by atomic mass is 10.0. The van der Waals surface area contributed by atoms with Crippen LogP contribution in [0.5, 0.6) is 11.6 Å². The molecule has 3 aromatic carbocycles. The van der Waals surface area contributed by atoms with E-state index in [2.05, 4.69) is 15.3 Å². The number of carbonyl (C=O) groups is 1. The topological polar surface area (TPSA) is 124 Å². The molecule has 3 heterocycles. The van der Waals surface area contributed by atoms with Gasteiger partial charge in [0.25, 0.3) is 6.43 Å². The van der Waals surface area contributed by atoms with Crippen LogP contribution in [-0.4, -0.2) is 59.1 Å². The number of piperidine rings is 1. The summed E-state index contributed by atoms with van der Waals surface area (Å²) < 4.78 is 64.7. The Bertz CT molecular complexity index is 2180. The molecule has 0 unspecified atom stereocenters. The third-order valence-corrected chi connectivity index (χ3v) is 10.1. The highest BCUT2D eigenvalue weighted by atomic mass is 32.2. The molecule has 2 aromatic heterocycles. The van der Waals surface area contributed by atoms with Crippen LogP contribution >= 0.6 is 0 Å². The number of amides is 1. The Morgan fingerprint density at radius 2 is 1.75 bits per heavy atom. The van der Waals surface area contributed by atoms with E-state index < -0.39 is 21.9 Å². The number of fused-ring (bicyclic) bond motifs is 1. The number of halogens is 2. The summed E-state index contributed by atoms with van der Waals surface area (Å²) >= 11 is 0. The Hall–Kier alpha value is -5.17. The maximum Gasteiger partial charge on any atom is 0.410 e. The minimum atomic E-state index is -3.65. The molecule has 1 aliphatic heterocycles. The summed E-state index contributed by atoms with van der Waals surface area (Å²) in [6.45, 7) is 8.52. The second kappa shape index (κ2) is 15.2. The highest BCUT2D eigenvalue weighted by molar-refractivity contribution is 7.89. The van der Waals surface area contributed by atoms with Gasteiger partial charge in [0.2, 0.25) is 11.8 Å². The Morgan fingerprint density at radius 1 is 0.962 bits per heavy atom. The standard InChI is InChI=1S/C39H41F2N5O5S/c1-25-12-17-30-28(24-52(48,49)23-26-13-15-27(16-14-26)35(40)41)8-5-10-31(30)34(25)50-36-32(11-6-19-42-36)33-18-20-43-37(45-33)44-29-9-7-21-46(22-29)38(47)51-39(2,3)4/h5-6,8,10-20,29,35H,7,9,21-24H2,1-4H3,(H,43,44,45)/t29-/m0/s1. The van der Waals surface area contributed by atoms with Crippen LogP contribution in [0.25, 0.3) is 22.0 Å². The molecule has 0 spiro atoms. The van der Waals surface area contributed by atoms with E-state index in [1.54, 1.807) is 41.6 Å². The minimum Gasteiger partial charge on any atom is -0.444 e. The highest BCUT2D eigenvalue weighted by Crippen LogP contribution is 2.38. The number of aryl methyl sites for hydroxylation is 1. The summed E-state index contributed by atoms with van der Waals surface area (Å²) in [7, 11) is -3.65. The zero-order valence-electron chi connectivity index (χ0n) is 29.5. The average Bonchev–Trinajstić information content (AvgIpc) is 3.09. The van der Waals surface area contributed by atoms with Gasteiger partial charge in [-0.15, -0.1) is 0 Å². The molecule has 0 bridgehead atoms. The van der Waals surface area contributed by atoms with Crippen LogP contribution in [0.15, 0.2) is 85.2 Å². The quantitative estimate of drug-likeness (QED) is 0.150. The van der Waals surface area contributed by atoms with Crippen molar-refractivity contribution in [3.8, 4) is 22.9 Å². The van der Waals surface area contributed by atoms with Gasteiger partial charge in [-0.2, -0.15) is 0 Å². The molecule has 1 N–H and O–H groups in total. The van der Waals surface area contributed by atoms with Crippen LogP contribution in [0, 0.1) is 6.92 Å². The number of carbonyl (C=O) groups excluding carboxylic acids is 1. The van der Waals surface area contributed by atoms with Crippen molar-refractivity contribution >= 4 is 32.7 Å². The van der Waals surface area contributed by atoms with E-state index in [1.807, 2.05) is 52.0 Å². The molecule has 0 aliphatic carbocycles. The van der Waals surface area contributed by atoms with Crippen LogP contribution in [-0.2, 0) is 26.1 Å². The zero-order valence-corrected chi connectivity index (χ0v) is 30.3. The van der Waals surface area contributed by atoms with E-state index in [4.69, 9.17) is 14.5 Å². The fourth-order valence-electron chi connectivity index (χ4n) is 6.18. The van der Waals surface area contributed by atoms with Gasteiger partial charge < -0.3 is 19.7 Å². The predicted molar refractivity (Wildman–Crippen MR) is 196 cm³/mol. The number of alkyl halides is 2. The average molecular weight is 730 g/mol. The number of nitrogens with one attached hydrogen (secondary N) is 1. The fraction of sp³-hybridized carbons (Fsp3) is 0.333. The first-order valence-corrected chi connectivity index (χ1v) is 18.9. The van der Waals surface area contributed by atoms with E-state index in [0.717, 1.165) is 18.4 Å². The lowest BCUT2D eigenvalue weighted by Crippen LogP contribution is -2.47. The number of likely N-dealkylation sites (tertiary alicyclic amines) is 1. The van der Waals surface area contributed by atoms with E-state index in [0.29, 0.717) is 63.8 Å². The fourth-order valence-corrected chi connectivity index (χ4v) is 7.71. The summed E-state index contributed by atoms with van der Waals surface area (Å²) in [6, 6.07) is 19.9. The van der Waals surface area contributed by atoms with E-state index >= 15 is 0 Å². The lowest BCUT2D eigenvalue weighted by Gasteiger charge is -2.34. The number of anilines is 1. The number of sulfone groups is 1. The molecule has 1 aliphatic rings. The van der Waals surface area contributed by atoms with Crippen molar-refractivity contribution in [2.24, 2.45) is 0 Å². The number of benzene rings is 3. The largest absolute Gasteiger partial charge is 0.444 e. The van der Waals surface area contributed by atoms with Crippen LogP contribution in [0.4, 0.5) is 19.5 Å². The van der Waals surface area contributed by atoms with Gasteiger partial charge in [0.15, 0.2) is 9.84 Å². The van der Waals surface area contributed by atoms with Gasteiger partial charge in [0, 0.05) is 42.5 Å². The summed E-state index contributed by atoms with van der Waals surface area (Å²) in [5.74, 6) is 0.710. The Labute approximate surface area is 302 Å². The maximum atomic E-state index is 13.3. The van der Waals surface area contributed by atoms with Crippen molar-refractivity contribution < 1.29 is 31.5 Å². The van der Waals surface area contributed by atoms with E-state index in [9.17, 15) is 22.0 Å². The second-order valence-corrected chi connectivity index (χ2v) is 16.0. The number of ether oxygens (including phenoxy) is 2. The molecular weight excluding hydrogens is 689 g/mol. The highest BCUT2D eigenvalue weighted by Gasteiger charge is 2.28. The minimum absolute atomic E-state index is 0.0662. The maximum absolute atomic E-state index is 13.3. The van der Waals surface area contributed by atoms with E-state index in [1.165, 1.54) is 24.3 Å². The molecule has 1 amide bonds. The third-order valence-electron chi connectivity index (χ3n) is 8.60. The van der Waals surface area contributed by atoms with Gasteiger partial charge in [-0.05, 0) is 80.8 Å². The smallest absolute Gasteiger partial charge is 0.410 e. The van der Waals surface area contributed by atoms with Crippen molar-refractivity contribution in [3.05, 3.63) is 107 Å². The SMILES string of the molecule is Cc1ccc2c(CS(=O)(=O)Cc3ccc(C(F)F)cc3)cccc2c1Oc1ncccc1-c1ccnc(N[C@H]2CCCN(C(=O)OC(C)(C)C)C2)n1.